The lowest BCUT2D eigenvalue weighted by atomic mass is 9.87. The van der Waals surface area contributed by atoms with Gasteiger partial charge in [0.2, 0.25) is 0 Å². The Bertz CT molecular complexity index is 217. The minimum Gasteiger partial charge on any atom is -0.388 e. The summed E-state index contributed by atoms with van der Waals surface area (Å²) in [5, 5.41) is 9.75. The molecule has 0 aromatic heterocycles. The molecular weight excluding hydrogens is 136 g/mol. The summed E-state index contributed by atoms with van der Waals surface area (Å²) in [7, 11) is 0. The van der Waals surface area contributed by atoms with Crippen LogP contribution in [0.4, 0.5) is 0 Å². The third-order valence-electron chi connectivity index (χ3n) is 3.64. The molecule has 1 N–H and O–H groups in total. The summed E-state index contributed by atoms with van der Waals surface area (Å²) < 4.78 is 0. The lowest BCUT2D eigenvalue weighted by Gasteiger charge is -2.21. The van der Waals surface area contributed by atoms with Gasteiger partial charge in [-0.15, -0.1) is 0 Å². The first-order chi connectivity index (χ1) is 5.09. The van der Waals surface area contributed by atoms with Crippen molar-refractivity contribution in [2.75, 3.05) is 0 Å². The van der Waals surface area contributed by atoms with Gasteiger partial charge in [0.25, 0.3) is 0 Å². The molecule has 2 rings (SSSR count). The molecule has 2 aliphatic rings. The van der Waals surface area contributed by atoms with E-state index in [4.69, 9.17) is 0 Å². The van der Waals surface area contributed by atoms with Crippen molar-refractivity contribution in [1.29, 1.82) is 0 Å². The highest BCUT2D eigenvalue weighted by Gasteiger charge is 2.63. The maximum atomic E-state index is 9.75. The third-order valence-corrected chi connectivity index (χ3v) is 3.64. The van der Waals surface area contributed by atoms with Crippen molar-refractivity contribution >= 4 is 0 Å². The van der Waals surface area contributed by atoms with Crippen molar-refractivity contribution in [3.63, 3.8) is 0 Å². The number of allylic oxidation sites excluding steroid dienone is 1. The molecule has 0 saturated heterocycles. The predicted molar refractivity (Wildman–Crippen MR) is 45.1 cm³/mol. The molecule has 11 heavy (non-hydrogen) atoms. The zero-order chi connectivity index (χ0) is 8.22. The monoisotopic (exact) mass is 152 g/mol. The molecule has 62 valence electrons. The Balaban J connectivity index is 2.26. The van der Waals surface area contributed by atoms with Crippen molar-refractivity contribution in [3.05, 3.63) is 11.6 Å². The SMILES string of the molecule is CC1=CC(O)C2(C(C)C)CC12. The Morgan fingerprint density at radius 3 is 2.45 bits per heavy atom. The molecule has 1 saturated carbocycles. The number of hydrogen-bond acceptors (Lipinski definition) is 1. The van der Waals surface area contributed by atoms with Gasteiger partial charge >= 0.3 is 0 Å². The van der Waals surface area contributed by atoms with Crippen LogP contribution in [0.3, 0.4) is 0 Å². The molecule has 0 aliphatic heterocycles. The van der Waals surface area contributed by atoms with Crippen LogP contribution >= 0.6 is 0 Å². The first-order valence-electron chi connectivity index (χ1n) is 4.45. The summed E-state index contributed by atoms with van der Waals surface area (Å²) in [6.07, 6.45) is 3.09. The van der Waals surface area contributed by atoms with E-state index in [9.17, 15) is 5.11 Å². The lowest BCUT2D eigenvalue weighted by molar-refractivity contribution is 0.106. The van der Waals surface area contributed by atoms with Gasteiger partial charge in [-0.25, -0.2) is 0 Å². The second-order valence-electron chi connectivity index (χ2n) is 4.38. The maximum Gasteiger partial charge on any atom is 0.0788 e. The van der Waals surface area contributed by atoms with E-state index in [1.807, 2.05) is 6.08 Å². The quantitative estimate of drug-likeness (QED) is 0.569. The van der Waals surface area contributed by atoms with Gasteiger partial charge in [-0.2, -0.15) is 0 Å². The van der Waals surface area contributed by atoms with Crippen molar-refractivity contribution in [2.24, 2.45) is 17.3 Å². The van der Waals surface area contributed by atoms with Gasteiger partial charge in [0.1, 0.15) is 0 Å². The number of aliphatic hydroxyl groups excluding tert-OH is 1. The number of rotatable bonds is 1. The molecule has 0 aromatic rings. The Hall–Kier alpha value is -0.300. The smallest absolute Gasteiger partial charge is 0.0788 e. The number of hydrogen-bond donors (Lipinski definition) is 1. The first-order valence-corrected chi connectivity index (χ1v) is 4.45. The predicted octanol–water partition coefficient (Wildman–Crippen LogP) is 1.97. The topological polar surface area (TPSA) is 20.2 Å². The van der Waals surface area contributed by atoms with E-state index in [-0.39, 0.29) is 11.5 Å². The second-order valence-corrected chi connectivity index (χ2v) is 4.38. The molecule has 0 radical (unpaired) electrons. The van der Waals surface area contributed by atoms with Crippen LogP contribution in [-0.4, -0.2) is 11.2 Å². The summed E-state index contributed by atoms with van der Waals surface area (Å²) in [5.41, 5.74) is 1.66. The van der Waals surface area contributed by atoms with Gasteiger partial charge < -0.3 is 5.11 Å². The van der Waals surface area contributed by atoms with E-state index >= 15 is 0 Å². The summed E-state index contributed by atoms with van der Waals surface area (Å²) in [4.78, 5) is 0. The van der Waals surface area contributed by atoms with Gasteiger partial charge in [0.05, 0.1) is 6.10 Å². The summed E-state index contributed by atoms with van der Waals surface area (Å²) in [5.74, 6) is 1.33. The van der Waals surface area contributed by atoms with Gasteiger partial charge in [0.15, 0.2) is 0 Å². The van der Waals surface area contributed by atoms with E-state index in [1.165, 1.54) is 12.0 Å². The van der Waals surface area contributed by atoms with Crippen LogP contribution in [-0.2, 0) is 0 Å². The van der Waals surface area contributed by atoms with Crippen LogP contribution in [0.15, 0.2) is 11.6 Å². The Morgan fingerprint density at radius 2 is 2.27 bits per heavy atom. The lowest BCUT2D eigenvalue weighted by Crippen LogP contribution is -2.23. The standard InChI is InChI=1S/C10H16O/c1-6(2)10-5-8(10)7(3)4-9(10)11/h4,6,8-9,11H,5H2,1-3H3. The Kier molecular flexibility index (Phi) is 1.26. The van der Waals surface area contributed by atoms with E-state index in [1.54, 1.807) is 0 Å². The molecular formula is C10H16O. The zero-order valence-electron chi connectivity index (χ0n) is 7.46. The summed E-state index contributed by atoms with van der Waals surface area (Å²) >= 11 is 0. The summed E-state index contributed by atoms with van der Waals surface area (Å²) in [6.45, 7) is 6.58. The number of aliphatic hydroxyl groups is 1. The largest absolute Gasteiger partial charge is 0.388 e. The van der Waals surface area contributed by atoms with Gasteiger partial charge in [-0.1, -0.05) is 25.5 Å². The molecule has 0 aromatic carbocycles. The van der Waals surface area contributed by atoms with Crippen molar-refractivity contribution in [3.8, 4) is 0 Å². The van der Waals surface area contributed by atoms with Gasteiger partial charge in [-0.05, 0) is 25.2 Å². The Morgan fingerprint density at radius 1 is 1.64 bits per heavy atom. The molecule has 3 unspecified atom stereocenters. The van der Waals surface area contributed by atoms with Crippen LogP contribution in [0.1, 0.15) is 27.2 Å². The highest BCUT2D eigenvalue weighted by Crippen LogP contribution is 2.67. The molecule has 0 amide bonds. The van der Waals surface area contributed by atoms with Gasteiger partial charge in [-0.3, -0.25) is 0 Å². The minimum atomic E-state index is -0.160. The van der Waals surface area contributed by atoms with E-state index < -0.39 is 0 Å². The molecule has 3 atom stereocenters. The minimum absolute atomic E-state index is 0.160. The van der Waals surface area contributed by atoms with E-state index in [0.717, 1.165) is 0 Å². The van der Waals surface area contributed by atoms with Gasteiger partial charge in [0, 0.05) is 5.41 Å². The first kappa shape index (κ1) is 7.35. The zero-order valence-corrected chi connectivity index (χ0v) is 7.46. The van der Waals surface area contributed by atoms with E-state index in [2.05, 4.69) is 20.8 Å². The third kappa shape index (κ3) is 0.698. The molecule has 0 heterocycles. The maximum absolute atomic E-state index is 9.75. The highest BCUT2D eigenvalue weighted by molar-refractivity contribution is 5.33. The molecule has 1 nitrogen and oxygen atoms in total. The van der Waals surface area contributed by atoms with Crippen molar-refractivity contribution in [2.45, 2.75) is 33.3 Å². The number of fused-ring (bicyclic) bond motifs is 1. The van der Waals surface area contributed by atoms with E-state index in [0.29, 0.717) is 11.8 Å². The molecule has 0 bridgehead atoms. The molecule has 1 fully saturated rings. The van der Waals surface area contributed by atoms with Crippen LogP contribution in [0.2, 0.25) is 0 Å². The normalized spacial score (nSPS) is 47.5. The molecule has 1 heteroatoms. The Labute approximate surface area is 68.1 Å². The average Bonchev–Trinajstić information content (AvgIpc) is 2.56. The summed E-state index contributed by atoms with van der Waals surface area (Å²) in [6, 6.07) is 0. The van der Waals surface area contributed by atoms with Crippen LogP contribution < -0.4 is 0 Å². The fourth-order valence-electron chi connectivity index (χ4n) is 2.71. The highest BCUT2D eigenvalue weighted by atomic mass is 16.3. The molecule has 2 aliphatic carbocycles. The van der Waals surface area contributed by atoms with Crippen LogP contribution in [0.25, 0.3) is 0 Å². The average molecular weight is 152 g/mol. The second kappa shape index (κ2) is 1.89. The molecule has 0 spiro atoms. The van der Waals surface area contributed by atoms with Crippen molar-refractivity contribution < 1.29 is 5.11 Å². The van der Waals surface area contributed by atoms with Crippen LogP contribution in [0, 0.1) is 17.3 Å². The van der Waals surface area contributed by atoms with Crippen LogP contribution in [0.5, 0.6) is 0 Å². The van der Waals surface area contributed by atoms with Crippen molar-refractivity contribution in [1.82, 2.24) is 0 Å². The fraction of sp³-hybridized carbons (Fsp3) is 0.800. The fourth-order valence-corrected chi connectivity index (χ4v) is 2.71.